The van der Waals surface area contributed by atoms with E-state index in [1.54, 1.807) is 6.92 Å². The van der Waals surface area contributed by atoms with E-state index in [4.69, 9.17) is 51.1 Å². The molecule has 0 radical (unpaired) electrons. The third kappa shape index (κ3) is 2.59. The van der Waals surface area contributed by atoms with E-state index in [1.165, 1.54) is 0 Å². The number of amides is 2. The predicted octanol–water partition coefficient (Wildman–Crippen LogP) is 3.46. The maximum Gasteiger partial charge on any atom is 0.326 e. The molecule has 0 unspecified atom stereocenters. The van der Waals surface area contributed by atoms with Crippen molar-refractivity contribution in [3.05, 3.63) is 31.2 Å². The fraction of sp³-hybridized carbons (Fsp3) is 0.250. The second kappa shape index (κ2) is 6.01. The summed E-state index contributed by atoms with van der Waals surface area (Å²) in [5, 5.41) is -0.598. The van der Waals surface area contributed by atoms with Gasteiger partial charge < -0.3 is 4.74 Å². The van der Waals surface area contributed by atoms with Gasteiger partial charge in [0.05, 0.1) is 37.8 Å². The van der Waals surface area contributed by atoms with Gasteiger partial charge in [0.2, 0.25) is 0 Å². The third-order valence-corrected chi connectivity index (χ3v) is 4.58. The highest BCUT2D eigenvalue weighted by Crippen LogP contribution is 2.44. The number of esters is 1. The molecule has 1 heterocycles. The number of rotatable bonds is 3. The van der Waals surface area contributed by atoms with Gasteiger partial charge in [0.25, 0.3) is 11.8 Å². The minimum absolute atomic E-state index is 0.124. The average molecular weight is 371 g/mol. The van der Waals surface area contributed by atoms with Crippen molar-refractivity contribution >= 4 is 64.2 Å². The topological polar surface area (TPSA) is 63.7 Å². The van der Waals surface area contributed by atoms with Crippen LogP contribution in [0.25, 0.3) is 0 Å². The van der Waals surface area contributed by atoms with Crippen LogP contribution in [0.4, 0.5) is 0 Å². The molecule has 0 saturated heterocycles. The van der Waals surface area contributed by atoms with Crippen molar-refractivity contribution in [1.29, 1.82) is 0 Å². The summed E-state index contributed by atoms with van der Waals surface area (Å²) in [6, 6.07) is 0. The molecule has 1 aromatic carbocycles. The molecule has 2 rings (SSSR count). The van der Waals surface area contributed by atoms with Gasteiger partial charge in [0.15, 0.2) is 0 Å². The number of carbonyl (C=O) groups is 3. The lowest BCUT2D eigenvalue weighted by Gasteiger charge is -2.12. The van der Waals surface area contributed by atoms with Crippen LogP contribution in [0.15, 0.2) is 0 Å². The van der Waals surface area contributed by atoms with E-state index in [2.05, 4.69) is 0 Å². The van der Waals surface area contributed by atoms with Crippen LogP contribution in [0.3, 0.4) is 0 Å². The highest BCUT2D eigenvalue weighted by molar-refractivity contribution is 6.55. The molecule has 9 heteroatoms. The zero-order valence-corrected chi connectivity index (χ0v) is 13.5. The van der Waals surface area contributed by atoms with Crippen molar-refractivity contribution in [2.24, 2.45) is 0 Å². The Hall–Kier alpha value is -1.01. The Kier molecular flexibility index (Phi) is 4.68. The molecule has 21 heavy (non-hydrogen) atoms. The maximum absolute atomic E-state index is 12.2. The van der Waals surface area contributed by atoms with Crippen molar-refractivity contribution in [2.75, 3.05) is 13.2 Å². The smallest absolute Gasteiger partial charge is 0.326 e. The van der Waals surface area contributed by atoms with Crippen LogP contribution >= 0.6 is 46.4 Å². The monoisotopic (exact) mass is 369 g/mol. The normalized spacial score (nSPS) is 13.7. The van der Waals surface area contributed by atoms with E-state index in [0.717, 1.165) is 0 Å². The van der Waals surface area contributed by atoms with E-state index in [9.17, 15) is 14.4 Å². The highest BCUT2D eigenvalue weighted by atomic mass is 35.5. The van der Waals surface area contributed by atoms with Crippen LogP contribution in [0, 0.1) is 0 Å². The molecular formula is C12H7Cl4NO4. The molecular weight excluding hydrogens is 364 g/mol. The second-order valence-corrected chi connectivity index (χ2v) is 5.52. The Morgan fingerprint density at radius 2 is 1.38 bits per heavy atom. The van der Waals surface area contributed by atoms with Crippen LogP contribution in [0.5, 0.6) is 0 Å². The Bertz CT molecular complexity index is 627. The first kappa shape index (κ1) is 16.4. The molecule has 1 aliphatic heterocycles. The molecule has 2 amide bonds. The largest absolute Gasteiger partial charge is 0.465 e. The molecule has 1 aliphatic rings. The van der Waals surface area contributed by atoms with Crippen molar-refractivity contribution in [3.8, 4) is 0 Å². The Balaban J connectivity index is 2.50. The van der Waals surface area contributed by atoms with Crippen LogP contribution < -0.4 is 0 Å². The molecule has 0 aromatic heterocycles. The quantitative estimate of drug-likeness (QED) is 0.353. The molecule has 0 N–H and O–H groups in total. The van der Waals surface area contributed by atoms with Gasteiger partial charge >= 0.3 is 5.97 Å². The van der Waals surface area contributed by atoms with Crippen molar-refractivity contribution < 1.29 is 19.1 Å². The maximum atomic E-state index is 12.2. The van der Waals surface area contributed by atoms with E-state index >= 15 is 0 Å². The van der Waals surface area contributed by atoms with Crippen LogP contribution in [0.1, 0.15) is 27.6 Å². The number of fused-ring (bicyclic) bond motifs is 1. The van der Waals surface area contributed by atoms with Crippen LogP contribution in [-0.4, -0.2) is 35.8 Å². The summed E-state index contributed by atoms with van der Waals surface area (Å²) >= 11 is 23.6. The first-order valence-corrected chi connectivity index (χ1v) is 7.20. The molecule has 0 bridgehead atoms. The highest BCUT2D eigenvalue weighted by Gasteiger charge is 2.42. The second-order valence-electron chi connectivity index (χ2n) is 4.01. The lowest BCUT2D eigenvalue weighted by molar-refractivity contribution is -0.143. The zero-order chi connectivity index (χ0) is 15.9. The Morgan fingerprint density at radius 1 is 0.952 bits per heavy atom. The molecule has 0 aliphatic carbocycles. The van der Waals surface area contributed by atoms with Gasteiger partial charge in [0.1, 0.15) is 6.54 Å². The fourth-order valence-electron chi connectivity index (χ4n) is 1.87. The number of halogens is 4. The molecule has 0 atom stereocenters. The van der Waals surface area contributed by atoms with Crippen molar-refractivity contribution in [1.82, 2.24) is 4.90 Å². The van der Waals surface area contributed by atoms with Gasteiger partial charge in [-0.3, -0.25) is 19.3 Å². The van der Waals surface area contributed by atoms with Crippen molar-refractivity contribution in [2.45, 2.75) is 6.92 Å². The van der Waals surface area contributed by atoms with Gasteiger partial charge in [-0.05, 0) is 6.92 Å². The van der Waals surface area contributed by atoms with E-state index in [1.807, 2.05) is 0 Å². The van der Waals surface area contributed by atoms with Crippen LogP contribution in [-0.2, 0) is 9.53 Å². The molecule has 112 valence electrons. The summed E-state index contributed by atoms with van der Waals surface area (Å²) in [5.41, 5.74) is -0.323. The van der Waals surface area contributed by atoms with Gasteiger partial charge in [-0.2, -0.15) is 0 Å². The van der Waals surface area contributed by atoms with E-state index < -0.39 is 24.3 Å². The summed E-state index contributed by atoms with van der Waals surface area (Å²) in [4.78, 5) is 36.6. The van der Waals surface area contributed by atoms with Gasteiger partial charge in [0, 0.05) is 0 Å². The van der Waals surface area contributed by atoms with Gasteiger partial charge in [-0.1, -0.05) is 46.4 Å². The summed E-state index contributed by atoms with van der Waals surface area (Å²) < 4.78 is 4.70. The molecule has 0 saturated carbocycles. The predicted molar refractivity (Wildman–Crippen MR) is 78.5 cm³/mol. The first-order valence-electron chi connectivity index (χ1n) is 5.69. The number of benzene rings is 1. The van der Waals surface area contributed by atoms with Gasteiger partial charge in [-0.15, -0.1) is 0 Å². The Labute approximate surface area is 139 Å². The average Bonchev–Trinajstić information content (AvgIpc) is 2.68. The van der Waals surface area contributed by atoms with E-state index in [0.29, 0.717) is 4.90 Å². The number of hydrogen-bond acceptors (Lipinski definition) is 4. The lowest BCUT2D eigenvalue weighted by Crippen LogP contribution is -2.35. The molecule has 1 aromatic rings. The molecule has 5 nitrogen and oxygen atoms in total. The number of ether oxygens (including phenoxy) is 1. The SMILES string of the molecule is CCOC(=O)CN1C(=O)c2c(Cl)c(Cl)c(Cl)c(Cl)c2C1=O. The zero-order valence-electron chi connectivity index (χ0n) is 10.5. The van der Waals surface area contributed by atoms with E-state index in [-0.39, 0.29) is 37.8 Å². The summed E-state index contributed by atoms with van der Waals surface area (Å²) in [6.45, 7) is 1.19. The molecule has 0 fully saturated rings. The fourth-order valence-corrected chi connectivity index (χ4v) is 2.89. The third-order valence-electron chi connectivity index (χ3n) is 2.78. The Morgan fingerprint density at radius 3 is 1.76 bits per heavy atom. The minimum Gasteiger partial charge on any atom is -0.465 e. The number of imide groups is 1. The number of nitrogens with zero attached hydrogens (tertiary/aromatic N) is 1. The van der Waals surface area contributed by atoms with Crippen molar-refractivity contribution in [3.63, 3.8) is 0 Å². The van der Waals surface area contributed by atoms with Gasteiger partial charge in [-0.25, -0.2) is 0 Å². The number of carbonyl (C=O) groups excluding carboxylic acids is 3. The lowest BCUT2D eigenvalue weighted by atomic mass is 10.1. The first-order chi connectivity index (χ1) is 9.81. The summed E-state index contributed by atoms with van der Waals surface area (Å²) in [7, 11) is 0. The van der Waals surface area contributed by atoms with Crippen LogP contribution in [0.2, 0.25) is 20.1 Å². The molecule has 0 spiro atoms. The number of hydrogen-bond donors (Lipinski definition) is 0. The summed E-state index contributed by atoms with van der Waals surface area (Å²) in [6.07, 6.45) is 0. The standard InChI is InChI=1S/C12H7Cl4NO4/c1-2-21-4(18)3-17-11(19)5-6(12(17)20)8(14)10(16)9(15)7(5)13/h2-3H2,1H3. The minimum atomic E-state index is -0.770. The summed E-state index contributed by atoms with van der Waals surface area (Å²) in [5.74, 6) is -2.27.